The van der Waals surface area contributed by atoms with Gasteiger partial charge in [0.2, 0.25) is 5.91 Å². The lowest BCUT2D eigenvalue weighted by Crippen LogP contribution is -2.07. The smallest absolute Gasteiger partial charge is 0.241 e. The van der Waals surface area contributed by atoms with E-state index < -0.39 is 11.7 Å². The Labute approximate surface area is 96.5 Å². The number of primary amides is 1. The highest BCUT2D eigenvalue weighted by molar-refractivity contribution is 6.40. The van der Waals surface area contributed by atoms with Gasteiger partial charge in [0.05, 0.1) is 15.6 Å². The number of amides is 1. The molecule has 1 amide bonds. The minimum absolute atomic E-state index is 0.165. The fraction of sp³-hybridized carbons (Fsp3) is 0. The molecule has 0 radical (unpaired) electrons. The summed E-state index contributed by atoms with van der Waals surface area (Å²) in [5.74, 6) is -1.16. The van der Waals surface area contributed by atoms with Crippen LogP contribution in [0.3, 0.4) is 0 Å². The fourth-order valence-corrected chi connectivity index (χ4v) is 1.56. The summed E-state index contributed by atoms with van der Waals surface area (Å²) < 4.78 is 0. The summed E-state index contributed by atoms with van der Waals surface area (Å²) in [6.45, 7) is 0. The Balaban J connectivity index is 3.06. The fourth-order valence-electron chi connectivity index (χ4n) is 0.974. The molecule has 78 valence electrons. The van der Waals surface area contributed by atoms with Crippen molar-refractivity contribution in [3.63, 3.8) is 0 Å². The largest absolute Gasteiger partial charge is 0.366 e. The molecule has 15 heavy (non-hydrogen) atoms. The van der Waals surface area contributed by atoms with E-state index in [-0.39, 0.29) is 15.6 Å². The van der Waals surface area contributed by atoms with Gasteiger partial charge in [0.15, 0.2) is 5.78 Å². The third-order valence-corrected chi connectivity index (χ3v) is 2.24. The van der Waals surface area contributed by atoms with Gasteiger partial charge in [-0.3, -0.25) is 9.59 Å². The molecule has 0 saturated carbocycles. The maximum absolute atomic E-state index is 11.5. The zero-order valence-corrected chi connectivity index (χ0v) is 9.05. The summed E-state index contributed by atoms with van der Waals surface area (Å²) in [4.78, 5) is 21.9. The second-order valence-corrected chi connectivity index (χ2v) is 3.51. The highest BCUT2D eigenvalue weighted by Gasteiger charge is 2.11. The molecule has 0 atom stereocenters. The second kappa shape index (κ2) is 4.96. The number of allylic oxidation sites excluding steroid dienone is 1. The Morgan fingerprint density at radius 3 is 2.13 bits per heavy atom. The first-order valence-corrected chi connectivity index (χ1v) is 4.74. The topological polar surface area (TPSA) is 60.2 Å². The third kappa shape index (κ3) is 3.08. The average molecular weight is 244 g/mol. The molecule has 5 heteroatoms. The Hall–Kier alpha value is -1.32. The summed E-state index contributed by atoms with van der Waals surface area (Å²) in [5.41, 5.74) is 5.02. The van der Waals surface area contributed by atoms with Crippen molar-refractivity contribution in [2.75, 3.05) is 0 Å². The molecule has 1 rings (SSSR count). The summed E-state index contributed by atoms with van der Waals surface area (Å²) in [7, 11) is 0. The number of benzene rings is 1. The molecule has 0 heterocycles. The Bertz CT molecular complexity index is 421. The summed E-state index contributed by atoms with van der Waals surface area (Å²) in [5, 5.41) is 0.475. The average Bonchev–Trinajstić information content (AvgIpc) is 2.14. The highest BCUT2D eigenvalue weighted by Crippen LogP contribution is 2.24. The molecule has 0 bridgehead atoms. The minimum atomic E-state index is -0.702. The van der Waals surface area contributed by atoms with Crippen LogP contribution in [0.2, 0.25) is 10.0 Å². The maximum atomic E-state index is 11.5. The molecule has 0 saturated heterocycles. The molecule has 1 aromatic rings. The Morgan fingerprint density at radius 2 is 1.67 bits per heavy atom. The van der Waals surface area contributed by atoms with Crippen LogP contribution in [0.25, 0.3) is 0 Å². The zero-order chi connectivity index (χ0) is 11.4. The SMILES string of the molecule is NC(=O)C=CC(=O)c1c(Cl)cccc1Cl. The van der Waals surface area contributed by atoms with Crippen molar-refractivity contribution < 1.29 is 9.59 Å². The van der Waals surface area contributed by atoms with E-state index >= 15 is 0 Å². The normalized spacial score (nSPS) is 10.5. The van der Waals surface area contributed by atoms with E-state index in [1.165, 1.54) is 0 Å². The Morgan fingerprint density at radius 1 is 1.13 bits per heavy atom. The van der Waals surface area contributed by atoms with Gasteiger partial charge in [0, 0.05) is 6.08 Å². The van der Waals surface area contributed by atoms with E-state index in [1.54, 1.807) is 18.2 Å². The van der Waals surface area contributed by atoms with Crippen LogP contribution in [-0.4, -0.2) is 11.7 Å². The van der Waals surface area contributed by atoms with E-state index in [4.69, 9.17) is 28.9 Å². The van der Waals surface area contributed by atoms with E-state index in [2.05, 4.69) is 0 Å². The molecule has 0 fully saturated rings. The summed E-state index contributed by atoms with van der Waals surface area (Å²) >= 11 is 11.6. The number of carbonyl (C=O) groups is 2. The van der Waals surface area contributed by atoms with Gasteiger partial charge in [-0.1, -0.05) is 29.3 Å². The minimum Gasteiger partial charge on any atom is -0.366 e. The van der Waals surface area contributed by atoms with Crippen molar-refractivity contribution in [1.29, 1.82) is 0 Å². The molecular formula is C10H7Cl2NO2. The van der Waals surface area contributed by atoms with Crippen LogP contribution in [0, 0.1) is 0 Å². The predicted molar refractivity (Wildman–Crippen MR) is 59.1 cm³/mol. The van der Waals surface area contributed by atoms with Crippen LogP contribution in [0.4, 0.5) is 0 Å². The van der Waals surface area contributed by atoms with Crippen molar-refractivity contribution in [2.24, 2.45) is 5.73 Å². The third-order valence-electron chi connectivity index (χ3n) is 1.61. The highest BCUT2D eigenvalue weighted by atomic mass is 35.5. The first-order chi connectivity index (χ1) is 7.02. The van der Waals surface area contributed by atoms with E-state index in [1.807, 2.05) is 0 Å². The van der Waals surface area contributed by atoms with Crippen LogP contribution in [0.1, 0.15) is 10.4 Å². The van der Waals surface area contributed by atoms with Crippen LogP contribution in [-0.2, 0) is 4.79 Å². The lowest BCUT2D eigenvalue weighted by molar-refractivity contribution is -0.113. The molecule has 0 unspecified atom stereocenters. The number of hydrogen-bond donors (Lipinski definition) is 1. The van der Waals surface area contributed by atoms with Crippen LogP contribution in [0.5, 0.6) is 0 Å². The second-order valence-electron chi connectivity index (χ2n) is 2.70. The number of halogens is 2. The van der Waals surface area contributed by atoms with Gasteiger partial charge in [-0.15, -0.1) is 0 Å². The van der Waals surface area contributed by atoms with Gasteiger partial charge in [-0.25, -0.2) is 0 Å². The first-order valence-electron chi connectivity index (χ1n) is 3.98. The zero-order valence-electron chi connectivity index (χ0n) is 7.54. The first kappa shape index (κ1) is 11.8. The summed E-state index contributed by atoms with van der Waals surface area (Å²) in [6, 6.07) is 4.71. The van der Waals surface area contributed by atoms with Gasteiger partial charge in [0.1, 0.15) is 0 Å². The van der Waals surface area contributed by atoms with Crippen LogP contribution < -0.4 is 5.73 Å². The van der Waals surface area contributed by atoms with Gasteiger partial charge < -0.3 is 5.73 Å². The van der Waals surface area contributed by atoms with Crippen molar-refractivity contribution in [3.05, 3.63) is 46.0 Å². The number of nitrogens with two attached hydrogens (primary N) is 1. The quantitative estimate of drug-likeness (QED) is 0.654. The van der Waals surface area contributed by atoms with E-state index in [0.29, 0.717) is 0 Å². The maximum Gasteiger partial charge on any atom is 0.241 e. The van der Waals surface area contributed by atoms with Gasteiger partial charge in [-0.2, -0.15) is 0 Å². The van der Waals surface area contributed by atoms with Gasteiger partial charge in [0.25, 0.3) is 0 Å². The number of hydrogen-bond acceptors (Lipinski definition) is 2. The van der Waals surface area contributed by atoms with Crippen LogP contribution >= 0.6 is 23.2 Å². The number of carbonyl (C=O) groups excluding carboxylic acids is 2. The molecule has 0 aromatic heterocycles. The molecule has 2 N–H and O–H groups in total. The van der Waals surface area contributed by atoms with Crippen molar-refractivity contribution in [3.8, 4) is 0 Å². The molecule has 0 spiro atoms. The molecule has 0 aliphatic rings. The summed E-state index contributed by atoms with van der Waals surface area (Å²) in [6.07, 6.45) is 2.00. The van der Waals surface area contributed by atoms with Crippen molar-refractivity contribution in [1.82, 2.24) is 0 Å². The standard InChI is InChI=1S/C10H7Cl2NO2/c11-6-2-1-3-7(12)10(6)8(14)4-5-9(13)15/h1-5H,(H2,13,15). The van der Waals surface area contributed by atoms with Crippen molar-refractivity contribution in [2.45, 2.75) is 0 Å². The monoisotopic (exact) mass is 243 g/mol. The molecule has 3 nitrogen and oxygen atoms in total. The molecule has 0 aliphatic carbocycles. The van der Waals surface area contributed by atoms with E-state index in [9.17, 15) is 9.59 Å². The van der Waals surface area contributed by atoms with E-state index in [0.717, 1.165) is 12.2 Å². The lowest BCUT2D eigenvalue weighted by atomic mass is 10.1. The van der Waals surface area contributed by atoms with Crippen LogP contribution in [0.15, 0.2) is 30.4 Å². The lowest BCUT2D eigenvalue weighted by Gasteiger charge is -2.01. The number of rotatable bonds is 3. The molecular weight excluding hydrogens is 237 g/mol. The Kier molecular flexibility index (Phi) is 3.88. The van der Waals surface area contributed by atoms with Gasteiger partial charge >= 0.3 is 0 Å². The number of ketones is 1. The van der Waals surface area contributed by atoms with Gasteiger partial charge in [-0.05, 0) is 18.2 Å². The molecule has 0 aliphatic heterocycles. The predicted octanol–water partition coefficient (Wildman–Crippen LogP) is 2.22. The van der Waals surface area contributed by atoms with Crippen molar-refractivity contribution >= 4 is 34.9 Å². The molecule has 1 aromatic carbocycles.